The van der Waals surface area contributed by atoms with Gasteiger partial charge in [0.2, 0.25) is 0 Å². The van der Waals surface area contributed by atoms with Crippen molar-refractivity contribution in [2.75, 3.05) is 13.2 Å². The summed E-state index contributed by atoms with van der Waals surface area (Å²) in [4.78, 5) is 3.95. The molecular formula is C12H16N4O2. The second-order valence-corrected chi connectivity index (χ2v) is 3.75. The number of ether oxygens (including phenoxy) is 2. The summed E-state index contributed by atoms with van der Waals surface area (Å²) in [5, 5.41) is 3.99. The van der Waals surface area contributed by atoms with Gasteiger partial charge in [0, 0.05) is 13.6 Å². The molecule has 0 unspecified atom stereocenters. The van der Waals surface area contributed by atoms with Gasteiger partial charge in [0.25, 0.3) is 0 Å². The van der Waals surface area contributed by atoms with Gasteiger partial charge in [-0.1, -0.05) is 12.1 Å². The summed E-state index contributed by atoms with van der Waals surface area (Å²) in [5.41, 5.74) is 6.59. The Morgan fingerprint density at radius 3 is 2.83 bits per heavy atom. The molecule has 0 aliphatic rings. The summed E-state index contributed by atoms with van der Waals surface area (Å²) in [7, 11) is 1.79. The molecule has 0 aliphatic heterocycles. The van der Waals surface area contributed by atoms with Gasteiger partial charge >= 0.3 is 6.01 Å². The smallest absolute Gasteiger partial charge is 0.335 e. The third kappa shape index (κ3) is 3.46. The maximum absolute atomic E-state index is 5.55. The molecule has 0 bridgehead atoms. The first-order chi connectivity index (χ1) is 8.78. The Labute approximate surface area is 105 Å². The number of nitrogens with zero attached hydrogens (tertiary/aromatic N) is 3. The Kier molecular flexibility index (Phi) is 4.14. The highest BCUT2D eigenvalue weighted by Crippen LogP contribution is 2.12. The summed E-state index contributed by atoms with van der Waals surface area (Å²) in [6, 6.07) is 8.04. The maximum Gasteiger partial charge on any atom is 0.335 e. The predicted molar refractivity (Wildman–Crippen MR) is 66.3 cm³/mol. The SMILES string of the molecule is Cn1cnc(OCCOc2cccc(CN)c2)n1. The minimum Gasteiger partial charge on any atom is -0.490 e. The Balaban J connectivity index is 1.74. The number of aryl methyl sites for hydroxylation is 1. The number of hydrogen-bond acceptors (Lipinski definition) is 5. The molecule has 0 spiro atoms. The van der Waals surface area contributed by atoms with Gasteiger partial charge in [0.05, 0.1) is 0 Å². The highest BCUT2D eigenvalue weighted by atomic mass is 16.5. The molecule has 0 saturated carbocycles. The number of benzene rings is 1. The minimum atomic E-state index is 0.358. The van der Waals surface area contributed by atoms with E-state index in [-0.39, 0.29) is 0 Å². The van der Waals surface area contributed by atoms with Crippen molar-refractivity contribution in [1.82, 2.24) is 14.8 Å². The standard InChI is InChI=1S/C12H16N4O2/c1-16-9-14-12(15-16)18-6-5-17-11-4-2-3-10(7-11)8-13/h2-4,7,9H,5-6,8,13H2,1H3. The van der Waals surface area contributed by atoms with E-state index in [1.165, 1.54) is 0 Å². The van der Waals surface area contributed by atoms with E-state index in [2.05, 4.69) is 10.1 Å². The first-order valence-corrected chi connectivity index (χ1v) is 5.68. The molecule has 1 heterocycles. The number of hydrogen-bond donors (Lipinski definition) is 1. The molecule has 0 amide bonds. The normalized spacial score (nSPS) is 10.3. The van der Waals surface area contributed by atoms with Crippen molar-refractivity contribution in [2.24, 2.45) is 12.8 Å². The zero-order chi connectivity index (χ0) is 12.8. The Bertz CT molecular complexity index is 498. The average Bonchev–Trinajstić information content (AvgIpc) is 2.81. The summed E-state index contributed by atoms with van der Waals surface area (Å²) in [6.45, 7) is 1.34. The molecule has 0 radical (unpaired) electrons. The second kappa shape index (κ2) is 6.02. The Hall–Kier alpha value is -2.08. The van der Waals surface area contributed by atoms with Gasteiger partial charge < -0.3 is 15.2 Å². The van der Waals surface area contributed by atoms with Crippen LogP contribution in [0.25, 0.3) is 0 Å². The first-order valence-electron chi connectivity index (χ1n) is 5.68. The fourth-order valence-electron chi connectivity index (χ4n) is 1.44. The van der Waals surface area contributed by atoms with Crippen LogP contribution in [-0.2, 0) is 13.6 Å². The summed E-state index contributed by atoms with van der Waals surface area (Å²) < 4.78 is 12.4. The lowest BCUT2D eigenvalue weighted by Gasteiger charge is -2.07. The van der Waals surface area contributed by atoms with Gasteiger partial charge in [-0.15, -0.1) is 5.10 Å². The monoisotopic (exact) mass is 248 g/mol. The summed E-state index contributed by atoms with van der Waals surface area (Å²) in [5.74, 6) is 0.788. The molecule has 96 valence electrons. The molecule has 0 aliphatic carbocycles. The van der Waals surface area contributed by atoms with Gasteiger partial charge in [-0.05, 0) is 17.7 Å². The Morgan fingerprint density at radius 1 is 1.28 bits per heavy atom. The molecule has 2 N–H and O–H groups in total. The van der Waals surface area contributed by atoms with Crippen LogP contribution in [0.5, 0.6) is 11.8 Å². The second-order valence-electron chi connectivity index (χ2n) is 3.75. The number of aromatic nitrogens is 3. The third-order valence-corrected chi connectivity index (χ3v) is 2.30. The van der Waals surface area contributed by atoms with Crippen molar-refractivity contribution in [3.05, 3.63) is 36.2 Å². The van der Waals surface area contributed by atoms with E-state index < -0.39 is 0 Å². The van der Waals surface area contributed by atoms with E-state index in [0.29, 0.717) is 25.8 Å². The molecule has 6 heteroatoms. The van der Waals surface area contributed by atoms with Gasteiger partial charge in [0.1, 0.15) is 25.3 Å². The fourth-order valence-corrected chi connectivity index (χ4v) is 1.44. The lowest BCUT2D eigenvalue weighted by Crippen LogP contribution is -2.10. The molecule has 1 aromatic heterocycles. The van der Waals surface area contributed by atoms with Gasteiger partial charge in [-0.25, -0.2) is 0 Å². The van der Waals surface area contributed by atoms with Crippen LogP contribution in [0, 0.1) is 0 Å². The quantitative estimate of drug-likeness (QED) is 0.763. The fraction of sp³-hybridized carbons (Fsp3) is 0.333. The molecule has 2 aromatic rings. The Morgan fingerprint density at radius 2 is 2.11 bits per heavy atom. The van der Waals surface area contributed by atoms with Gasteiger partial charge in [-0.2, -0.15) is 4.98 Å². The molecule has 2 rings (SSSR count). The molecule has 0 fully saturated rings. The minimum absolute atomic E-state index is 0.358. The highest BCUT2D eigenvalue weighted by molar-refractivity contribution is 5.28. The van der Waals surface area contributed by atoms with Crippen LogP contribution in [0.2, 0.25) is 0 Å². The number of nitrogens with two attached hydrogens (primary N) is 1. The molecule has 1 aromatic carbocycles. The van der Waals surface area contributed by atoms with Gasteiger partial charge in [-0.3, -0.25) is 4.68 Å². The predicted octanol–water partition coefficient (Wildman–Crippen LogP) is 0.732. The molecule has 18 heavy (non-hydrogen) atoms. The van der Waals surface area contributed by atoms with Crippen molar-refractivity contribution in [3.8, 4) is 11.8 Å². The van der Waals surface area contributed by atoms with Crippen LogP contribution in [0.15, 0.2) is 30.6 Å². The molecular weight excluding hydrogens is 232 g/mol. The van der Waals surface area contributed by atoms with Gasteiger partial charge in [0.15, 0.2) is 0 Å². The van der Waals surface area contributed by atoms with Crippen molar-refractivity contribution in [1.29, 1.82) is 0 Å². The first kappa shape index (κ1) is 12.4. The van der Waals surface area contributed by atoms with E-state index in [4.69, 9.17) is 15.2 Å². The summed E-state index contributed by atoms with van der Waals surface area (Å²) in [6.07, 6.45) is 1.58. The zero-order valence-electron chi connectivity index (χ0n) is 10.2. The van der Waals surface area contributed by atoms with Crippen molar-refractivity contribution in [3.63, 3.8) is 0 Å². The molecule has 0 saturated heterocycles. The number of rotatable bonds is 6. The van der Waals surface area contributed by atoms with Crippen LogP contribution < -0.4 is 15.2 Å². The van der Waals surface area contributed by atoms with Crippen molar-refractivity contribution >= 4 is 0 Å². The van der Waals surface area contributed by atoms with E-state index in [9.17, 15) is 0 Å². The van der Waals surface area contributed by atoms with Crippen LogP contribution in [0.3, 0.4) is 0 Å². The van der Waals surface area contributed by atoms with Crippen LogP contribution in [0.4, 0.5) is 0 Å². The maximum atomic E-state index is 5.55. The van der Waals surface area contributed by atoms with Crippen LogP contribution >= 0.6 is 0 Å². The van der Waals surface area contributed by atoms with E-state index in [1.54, 1.807) is 18.1 Å². The summed E-state index contributed by atoms with van der Waals surface area (Å²) >= 11 is 0. The molecule has 6 nitrogen and oxygen atoms in total. The largest absolute Gasteiger partial charge is 0.490 e. The zero-order valence-corrected chi connectivity index (χ0v) is 10.2. The van der Waals surface area contributed by atoms with E-state index in [1.807, 2.05) is 24.3 Å². The van der Waals surface area contributed by atoms with E-state index in [0.717, 1.165) is 11.3 Å². The third-order valence-electron chi connectivity index (χ3n) is 2.30. The lowest BCUT2D eigenvalue weighted by molar-refractivity contribution is 0.206. The van der Waals surface area contributed by atoms with Crippen molar-refractivity contribution in [2.45, 2.75) is 6.54 Å². The molecule has 0 atom stereocenters. The van der Waals surface area contributed by atoms with Crippen molar-refractivity contribution < 1.29 is 9.47 Å². The highest BCUT2D eigenvalue weighted by Gasteiger charge is 2.00. The van der Waals surface area contributed by atoms with Crippen LogP contribution in [-0.4, -0.2) is 28.0 Å². The van der Waals surface area contributed by atoms with Crippen LogP contribution in [0.1, 0.15) is 5.56 Å². The van der Waals surface area contributed by atoms with E-state index >= 15 is 0 Å². The lowest BCUT2D eigenvalue weighted by atomic mass is 10.2. The topological polar surface area (TPSA) is 75.2 Å². The average molecular weight is 248 g/mol.